The number of aryl methyl sites for hydroxylation is 1. The summed E-state index contributed by atoms with van der Waals surface area (Å²) in [4.78, 5) is 21.7. The van der Waals surface area contributed by atoms with E-state index in [-0.39, 0.29) is 19.8 Å². The van der Waals surface area contributed by atoms with E-state index in [0.717, 1.165) is 29.6 Å². The summed E-state index contributed by atoms with van der Waals surface area (Å²) >= 11 is 12.2. The average Bonchev–Trinajstić information content (AvgIpc) is 2.86. The third-order valence-corrected chi connectivity index (χ3v) is 5.32. The smallest absolute Gasteiger partial charge is 0.231 e. The Morgan fingerprint density at radius 3 is 2.78 bits per heavy atom. The predicted octanol–water partition coefficient (Wildman–Crippen LogP) is 5.59. The third-order valence-electron chi connectivity index (χ3n) is 4.72. The minimum atomic E-state index is -0.179. The summed E-state index contributed by atoms with van der Waals surface area (Å²) < 4.78 is 2.05. The number of halogens is 2. The number of carbonyl (C=O) groups excluding carboxylic acids is 1. The van der Waals surface area contributed by atoms with Gasteiger partial charge in [-0.25, -0.2) is 9.97 Å². The standard InChI is InChI=1S/C19H18Cl2N4O.CH4/c1-11-7-16-18(22-10-11)25(14-3-2-4-14)19(23-16)24-17(26)9-12-8-13(20)5-6-15(12)21;/h5-8,10,14H,2-4,9H2,1H3,(H,23,24,26);1H4. The van der Waals surface area contributed by atoms with Crippen molar-refractivity contribution >= 4 is 46.2 Å². The molecule has 5 nitrogen and oxygen atoms in total. The van der Waals surface area contributed by atoms with Gasteiger partial charge in [-0.3, -0.25) is 14.7 Å². The molecule has 7 heteroatoms. The van der Waals surface area contributed by atoms with Crippen molar-refractivity contribution < 1.29 is 4.79 Å². The first kappa shape index (κ1) is 19.6. The second kappa shape index (κ2) is 7.87. The molecule has 2 heterocycles. The van der Waals surface area contributed by atoms with Crippen LogP contribution in [0, 0.1) is 6.92 Å². The molecular formula is C20H22Cl2N4O. The molecule has 0 unspecified atom stereocenters. The molecule has 1 fully saturated rings. The number of fused-ring (bicyclic) bond motifs is 1. The molecule has 2 aromatic heterocycles. The summed E-state index contributed by atoms with van der Waals surface area (Å²) in [6.45, 7) is 1.98. The van der Waals surface area contributed by atoms with Gasteiger partial charge in [-0.1, -0.05) is 30.6 Å². The van der Waals surface area contributed by atoms with Crippen LogP contribution in [0.15, 0.2) is 30.5 Å². The van der Waals surface area contributed by atoms with Crippen LogP contribution in [0.4, 0.5) is 5.95 Å². The molecule has 0 spiro atoms. The average molecular weight is 405 g/mol. The maximum absolute atomic E-state index is 12.6. The van der Waals surface area contributed by atoms with Gasteiger partial charge in [0.25, 0.3) is 0 Å². The summed E-state index contributed by atoms with van der Waals surface area (Å²) in [6, 6.07) is 7.43. The molecule has 3 aromatic rings. The van der Waals surface area contributed by atoms with Crippen molar-refractivity contribution in [3.05, 3.63) is 51.6 Å². The van der Waals surface area contributed by atoms with E-state index in [4.69, 9.17) is 23.2 Å². The zero-order valence-electron chi connectivity index (χ0n) is 14.3. The molecule has 1 aliphatic rings. The van der Waals surface area contributed by atoms with E-state index in [1.807, 2.05) is 19.2 Å². The van der Waals surface area contributed by atoms with E-state index in [2.05, 4.69) is 19.9 Å². The van der Waals surface area contributed by atoms with Crippen LogP contribution in [0.1, 0.15) is 43.9 Å². The van der Waals surface area contributed by atoms with Crippen LogP contribution in [-0.2, 0) is 11.2 Å². The summed E-state index contributed by atoms with van der Waals surface area (Å²) in [5.74, 6) is 0.368. The van der Waals surface area contributed by atoms with E-state index < -0.39 is 0 Å². The molecule has 1 N–H and O–H groups in total. The summed E-state index contributed by atoms with van der Waals surface area (Å²) in [5, 5.41) is 4.01. The number of aromatic nitrogens is 3. The first-order valence-electron chi connectivity index (χ1n) is 8.59. The molecule has 0 saturated heterocycles. The molecule has 0 radical (unpaired) electrons. The molecular weight excluding hydrogens is 383 g/mol. The highest BCUT2D eigenvalue weighted by Gasteiger charge is 2.26. The van der Waals surface area contributed by atoms with Gasteiger partial charge in [0, 0.05) is 22.3 Å². The van der Waals surface area contributed by atoms with Crippen LogP contribution in [0.3, 0.4) is 0 Å². The van der Waals surface area contributed by atoms with Crippen molar-refractivity contribution in [3.63, 3.8) is 0 Å². The Labute approximate surface area is 168 Å². The molecule has 1 aromatic carbocycles. The quantitative estimate of drug-likeness (QED) is 0.616. The van der Waals surface area contributed by atoms with E-state index in [0.29, 0.717) is 27.6 Å². The number of imidazole rings is 1. The molecule has 0 atom stereocenters. The van der Waals surface area contributed by atoms with Gasteiger partial charge >= 0.3 is 0 Å². The van der Waals surface area contributed by atoms with Crippen LogP contribution in [0.25, 0.3) is 11.2 Å². The Kier molecular flexibility index (Phi) is 5.72. The number of anilines is 1. The van der Waals surface area contributed by atoms with E-state index in [1.165, 1.54) is 6.42 Å². The number of carbonyl (C=O) groups is 1. The maximum Gasteiger partial charge on any atom is 0.231 e. The third kappa shape index (κ3) is 3.94. The molecule has 1 aliphatic carbocycles. The molecule has 1 saturated carbocycles. The van der Waals surface area contributed by atoms with Crippen molar-refractivity contribution in [2.45, 2.75) is 46.1 Å². The summed E-state index contributed by atoms with van der Waals surface area (Å²) in [7, 11) is 0. The number of hydrogen-bond acceptors (Lipinski definition) is 3. The highest BCUT2D eigenvalue weighted by atomic mass is 35.5. The number of nitrogens with zero attached hydrogens (tertiary/aromatic N) is 3. The number of hydrogen-bond donors (Lipinski definition) is 1. The molecule has 27 heavy (non-hydrogen) atoms. The molecule has 1 amide bonds. The number of pyridine rings is 1. The van der Waals surface area contributed by atoms with Gasteiger partial charge in [0.15, 0.2) is 5.65 Å². The van der Waals surface area contributed by atoms with Crippen molar-refractivity contribution in [2.75, 3.05) is 5.32 Å². The Hall–Kier alpha value is -2.11. The minimum Gasteiger partial charge on any atom is -0.296 e. The van der Waals surface area contributed by atoms with Crippen LogP contribution >= 0.6 is 23.2 Å². The number of rotatable bonds is 4. The first-order valence-corrected chi connectivity index (χ1v) is 9.35. The topological polar surface area (TPSA) is 59.8 Å². The molecule has 0 bridgehead atoms. The largest absolute Gasteiger partial charge is 0.296 e. The lowest BCUT2D eigenvalue weighted by Gasteiger charge is -2.28. The van der Waals surface area contributed by atoms with Gasteiger partial charge in [-0.15, -0.1) is 0 Å². The predicted molar refractivity (Wildman–Crippen MR) is 111 cm³/mol. The highest BCUT2D eigenvalue weighted by molar-refractivity contribution is 6.33. The van der Waals surface area contributed by atoms with Gasteiger partial charge < -0.3 is 0 Å². The SMILES string of the molecule is C.Cc1cnc2c(c1)nc(NC(=O)Cc1cc(Cl)ccc1Cl)n2C1CCC1. The zero-order valence-corrected chi connectivity index (χ0v) is 15.8. The summed E-state index contributed by atoms with van der Waals surface area (Å²) in [5.41, 5.74) is 3.35. The van der Waals surface area contributed by atoms with Gasteiger partial charge in [0.1, 0.15) is 5.52 Å². The van der Waals surface area contributed by atoms with Gasteiger partial charge in [-0.05, 0) is 61.6 Å². The first-order chi connectivity index (χ1) is 12.5. The molecule has 0 aliphatic heterocycles. The lowest BCUT2D eigenvalue weighted by atomic mass is 9.93. The fraction of sp³-hybridized carbons (Fsp3) is 0.350. The van der Waals surface area contributed by atoms with Crippen molar-refractivity contribution in [3.8, 4) is 0 Å². The normalized spacial score (nSPS) is 13.9. The van der Waals surface area contributed by atoms with Crippen LogP contribution in [0.5, 0.6) is 0 Å². The van der Waals surface area contributed by atoms with Crippen molar-refractivity contribution in [1.29, 1.82) is 0 Å². The summed E-state index contributed by atoms with van der Waals surface area (Å²) in [6.07, 6.45) is 5.30. The van der Waals surface area contributed by atoms with Crippen LogP contribution < -0.4 is 5.32 Å². The molecule has 4 rings (SSSR count). The van der Waals surface area contributed by atoms with Crippen molar-refractivity contribution in [2.24, 2.45) is 0 Å². The lowest BCUT2D eigenvalue weighted by molar-refractivity contribution is -0.115. The van der Waals surface area contributed by atoms with Crippen molar-refractivity contribution in [1.82, 2.24) is 14.5 Å². The monoisotopic (exact) mass is 404 g/mol. The second-order valence-electron chi connectivity index (χ2n) is 6.71. The highest BCUT2D eigenvalue weighted by Crippen LogP contribution is 2.36. The lowest BCUT2D eigenvalue weighted by Crippen LogP contribution is -2.23. The van der Waals surface area contributed by atoms with E-state index in [1.54, 1.807) is 18.2 Å². The van der Waals surface area contributed by atoms with Gasteiger partial charge in [-0.2, -0.15) is 0 Å². The Bertz CT molecular complexity index is 995. The zero-order chi connectivity index (χ0) is 18.3. The van der Waals surface area contributed by atoms with Gasteiger partial charge in [0.05, 0.1) is 6.42 Å². The van der Waals surface area contributed by atoms with E-state index in [9.17, 15) is 4.79 Å². The Morgan fingerprint density at radius 1 is 1.30 bits per heavy atom. The van der Waals surface area contributed by atoms with Crippen LogP contribution in [-0.4, -0.2) is 20.4 Å². The number of benzene rings is 1. The minimum absolute atomic E-state index is 0. The second-order valence-corrected chi connectivity index (χ2v) is 7.55. The fourth-order valence-corrected chi connectivity index (χ4v) is 3.56. The number of nitrogens with one attached hydrogen (secondary N) is 1. The van der Waals surface area contributed by atoms with E-state index >= 15 is 0 Å². The fourth-order valence-electron chi connectivity index (χ4n) is 3.18. The Balaban J connectivity index is 0.00000210. The Morgan fingerprint density at radius 2 is 2.07 bits per heavy atom. The molecule has 142 valence electrons. The van der Waals surface area contributed by atoms with Crippen LogP contribution in [0.2, 0.25) is 10.0 Å². The maximum atomic E-state index is 12.6. The number of amides is 1. The van der Waals surface area contributed by atoms with Gasteiger partial charge in [0.2, 0.25) is 11.9 Å².